The van der Waals surface area contributed by atoms with Gasteiger partial charge < -0.3 is 16.2 Å². The molecule has 1 aromatic rings. The summed E-state index contributed by atoms with van der Waals surface area (Å²) in [7, 11) is -3.93. The fraction of sp³-hybridized carbons (Fsp3) is 0.611. The molecule has 1 saturated heterocycles. The van der Waals surface area contributed by atoms with E-state index in [0.29, 0.717) is 19.3 Å². The Hall–Kier alpha value is -1.55. The van der Waals surface area contributed by atoms with Gasteiger partial charge in [0.2, 0.25) is 15.9 Å². The number of carbonyl (C=O) groups is 1. The molecule has 1 heterocycles. The molecule has 1 aliphatic rings. The molecule has 0 saturated carbocycles. The van der Waals surface area contributed by atoms with Gasteiger partial charge in [-0.3, -0.25) is 4.79 Å². The number of aliphatic hydroxyl groups excluding tert-OH is 1. The van der Waals surface area contributed by atoms with Crippen molar-refractivity contribution in [1.82, 2.24) is 9.62 Å². The van der Waals surface area contributed by atoms with Crippen molar-refractivity contribution in [2.45, 2.75) is 56.2 Å². The van der Waals surface area contributed by atoms with Gasteiger partial charge in [0.15, 0.2) is 0 Å². The Labute approximate surface area is 159 Å². The molecule has 2 unspecified atom stereocenters. The molecule has 3 atom stereocenters. The molecule has 152 valence electrons. The van der Waals surface area contributed by atoms with E-state index in [-0.39, 0.29) is 29.8 Å². The third kappa shape index (κ3) is 5.71. The standard InChI is InChI=1S/C18H28FN3O4S/c1-12(2)9-15(20)18(24)21-16-7-4-8-22(11-17(16)23)27(25,26)14-6-3-5-13(19)10-14/h3,5-6,10,12,15-17,23H,4,7-9,11,20H2,1-2H3,(H,21,24)/t15?,16?,17-/m0/s1. The lowest BCUT2D eigenvalue weighted by molar-refractivity contribution is -0.124. The molecule has 1 amide bonds. The number of β-amino-alcohol motifs (C(OH)–C–C–N with tert-alkyl or cyclic N) is 1. The minimum Gasteiger partial charge on any atom is -0.390 e. The van der Waals surface area contributed by atoms with Crippen molar-refractivity contribution in [1.29, 1.82) is 0 Å². The number of rotatable bonds is 6. The number of aliphatic hydroxyl groups is 1. The Kier molecular flexibility index (Phi) is 7.32. The van der Waals surface area contributed by atoms with E-state index >= 15 is 0 Å². The van der Waals surface area contributed by atoms with Crippen LogP contribution in [0, 0.1) is 11.7 Å². The van der Waals surface area contributed by atoms with Crippen LogP contribution in [0.25, 0.3) is 0 Å². The van der Waals surface area contributed by atoms with Gasteiger partial charge in [-0.25, -0.2) is 12.8 Å². The zero-order valence-corrected chi connectivity index (χ0v) is 16.5. The molecule has 1 fully saturated rings. The maximum atomic E-state index is 13.4. The molecule has 2 rings (SSSR count). The molecule has 0 radical (unpaired) electrons. The Bertz CT molecular complexity index is 757. The van der Waals surface area contributed by atoms with E-state index in [9.17, 15) is 22.7 Å². The lowest BCUT2D eigenvalue weighted by Crippen LogP contribution is -2.51. The lowest BCUT2D eigenvalue weighted by Gasteiger charge is -2.26. The van der Waals surface area contributed by atoms with Gasteiger partial charge in [0.25, 0.3) is 0 Å². The van der Waals surface area contributed by atoms with Gasteiger partial charge in [-0.2, -0.15) is 4.31 Å². The van der Waals surface area contributed by atoms with Gasteiger partial charge in [-0.05, 0) is 43.4 Å². The highest BCUT2D eigenvalue weighted by molar-refractivity contribution is 7.89. The maximum absolute atomic E-state index is 13.4. The second-order valence-corrected chi connectivity index (χ2v) is 9.32. The van der Waals surface area contributed by atoms with Crippen molar-refractivity contribution >= 4 is 15.9 Å². The number of carbonyl (C=O) groups excluding carboxylic acids is 1. The molecule has 0 aromatic heterocycles. The number of hydrogen-bond acceptors (Lipinski definition) is 5. The molecule has 0 spiro atoms. The summed E-state index contributed by atoms with van der Waals surface area (Å²) in [5, 5.41) is 13.2. The molecular weight excluding hydrogens is 373 g/mol. The zero-order chi connectivity index (χ0) is 20.2. The normalized spacial score (nSPS) is 23.0. The lowest BCUT2D eigenvalue weighted by atomic mass is 10.0. The molecule has 0 aliphatic carbocycles. The number of halogens is 1. The van der Waals surface area contributed by atoms with Gasteiger partial charge in [0.05, 0.1) is 23.1 Å². The highest BCUT2D eigenvalue weighted by Crippen LogP contribution is 2.21. The minimum absolute atomic E-state index is 0.156. The number of amides is 1. The van der Waals surface area contributed by atoms with E-state index in [1.807, 2.05) is 13.8 Å². The predicted octanol–water partition coefficient (Wildman–Crippen LogP) is 0.829. The van der Waals surface area contributed by atoms with Gasteiger partial charge in [-0.1, -0.05) is 19.9 Å². The highest BCUT2D eigenvalue weighted by atomic mass is 32.2. The Morgan fingerprint density at radius 2 is 2.15 bits per heavy atom. The molecule has 4 N–H and O–H groups in total. The van der Waals surface area contributed by atoms with E-state index in [4.69, 9.17) is 5.73 Å². The first-order valence-corrected chi connectivity index (χ1v) is 10.5. The summed E-state index contributed by atoms with van der Waals surface area (Å²) in [5.41, 5.74) is 5.87. The van der Waals surface area contributed by atoms with Crippen LogP contribution < -0.4 is 11.1 Å². The number of nitrogens with one attached hydrogen (secondary N) is 1. The van der Waals surface area contributed by atoms with Crippen molar-refractivity contribution < 1.29 is 22.7 Å². The molecule has 7 nitrogen and oxygen atoms in total. The van der Waals surface area contributed by atoms with E-state index in [1.165, 1.54) is 18.2 Å². The Morgan fingerprint density at radius 3 is 2.78 bits per heavy atom. The average molecular weight is 402 g/mol. The van der Waals surface area contributed by atoms with Crippen LogP contribution in [0.4, 0.5) is 4.39 Å². The van der Waals surface area contributed by atoms with Gasteiger partial charge in [0.1, 0.15) is 5.82 Å². The number of benzene rings is 1. The highest BCUT2D eigenvalue weighted by Gasteiger charge is 2.34. The van der Waals surface area contributed by atoms with Gasteiger partial charge >= 0.3 is 0 Å². The smallest absolute Gasteiger partial charge is 0.243 e. The van der Waals surface area contributed by atoms with Crippen LogP contribution in [0.2, 0.25) is 0 Å². The van der Waals surface area contributed by atoms with Crippen LogP contribution >= 0.6 is 0 Å². The summed E-state index contributed by atoms with van der Waals surface area (Å²) in [5.74, 6) is -0.735. The van der Waals surface area contributed by atoms with E-state index in [2.05, 4.69) is 5.32 Å². The van der Waals surface area contributed by atoms with Crippen molar-refractivity contribution in [3.05, 3.63) is 30.1 Å². The largest absolute Gasteiger partial charge is 0.390 e. The van der Waals surface area contributed by atoms with E-state index < -0.39 is 34.0 Å². The fourth-order valence-electron chi connectivity index (χ4n) is 3.17. The second kappa shape index (κ2) is 9.09. The van der Waals surface area contributed by atoms with Gasteiger partial charge in [-0.15, -0.1) is 0 Å². The first kappa shape index (κ1) is 21.7. The van der Waals surface area contributed by atoms with Crippen LogP contribution in [0.1, 0.15) is 33.1 Å². The number of hydrogen-bond donors (Lipinski definition) is 3. The molecule has 0 bridgehead atoms. The quantitative estimate of drug-likeness (QED) is 0.654. The summed E-state index contributed by atoms with van der Waals surface area (Å²) in [6.07, 6.45) is 0.326. The van der Waals surface area contributed by atoms with Gasteiger partial charge in [0, 0.05) is 13.1 Å². The van der Waals surface area contributed by atoms with Crippen molar-refractivity contribution in [3.8, 4) is 0 Å². The topological polar surface area (TPSA) is 113 Å². The third-order valence-corrected chi connectivity index (χ3v) is 6.46. The summed E-state index contributed by atoms with van der Waals surface area (Å²) in [4.78, 5) is 12.1. The number of nitrogens with two attached hydrogens (primary N) is 1. The predicted molar refractivity (Wildman–Crippen MR) is 99.8 cm³/mol. The average Bonchev–Trinajstić information content (AvgIpc) is 2.76. The SMILES string of the molecule is CC(C)CC(N)C(=O)NC1CCCN(S(=O)(=O)c2cccc(F)c2)C[C@@H]1O. The molecule has 27 heavy (non-hydrogen) atoms. The van der Waals surface area contributed by atoms with Crippen LogP contribution in [0.15, 0.2) is 29.2 Å². The second-order valence-electron chi connectivity index (χ2n) is 7.38. The van der Waals surface area contributed by atoms with Crippen LogP contribution in [0.5, 0.6) is 0 Å². The van der Waals surface area contributed by atoms with E-state index in [1.54, 1.807) is 0 Å². The maximum Gasteiger partial charge on any atom is 0.243 e. The zero-order valence-electron chi connectivity index (χ0n) is 15.6. The first-order valence-electron chi connectivity index (χ1n) is 9.11. The minimum atomic E-state index is -3.93. The molecular formula is C18H28FN3O4S. The Balaban J connectivity index is 2.07. The first-order chi connectivity index (χ1) is 12.6. The van der Waals surface area contributed by atoms with Crippen LogP contribution in [0.3, 0.4) is 0 Å². The van der Waals surface area contributed by atoms with Crippen LogP contribution in [-0.2, 0) is 14.8 Å². The summed E-state index contributed by atoms with van der Waals surface area (Å²) < 4.78 is 40.0. The monoisotopic (exact) mass is 401 g/mol. The summed E-state index contributed by atoms with van der Waals surface area (Å²) in [6, 6.07) is 3.52. The number of nitrogens with zero attached hydrogens (tertiary/aromatic N) is 1. The summed E-state index contributed by atoms with van der Waals surface area (Å²) >= 11 is 0. The Morgan fingerprint density at radius 1 is 1.44 bits per heavy atom. The summed E-state index contributed by atoms with van der Waals surface area (Å²) in [6.45, 7) is 3.93. The van der Waals surface area contributed by atoms with Crippen molar-refractivity contribution in [3.63, 3.8) is 0 Å². The van der Waals surface area contributed by atoms with Crippen LogP contribution in [-0.4, -0.2) is 55.0 Å². The fourth-order valence-corrected chi connectivity index (χ4v) is 4.70. The third-order valence-electron chi connectivity index (χ3n) is 4.60. The molecule has 9 heteroatoms. The van der Waals surface area contributed by atoms with Crippen molar-refractivity contribution in [2.24, 2.45) is 11.7 Å². The number of sulfonamides is 1. The van der Waals surface area contributed by atoms with Crippen molar-refractivity contribution in [2.75, 3.05) is 13.1 Å². The molecule has 1 aromatic carbocycles. The molecule has 1 aliphatic heterocycles. The van der Waals surface area contributed by atoms with E-state index in [0.717, 1.165) is 10.4 Å².